The first-order chi connectivity index (χ1) is 8.83. The summed E-state index contributed by atoms with van der Waals surface area (Å²) < 4.78 is 5.71. The molecule has 0 fully saturated rings. The smallest absolute Gasteiger partial charge is 0.260 e. The van der Waals surface area contributed by atoms with Crippen LogP contribution in [0.3, 0.4) is 0 Å². The third kappa shape index (κ3) is 5.30. The molecule has 0 aliphatic rings. The monoisotopic (exact) mass is 264 g/mol. The molecule has 0 aliphatic heterocycles. The van der Waals surface area contributed by atoms with E-state index in [0.717, 1.165) is 11.3 Å². The molecule has 1 rings (SSSR count). The van der Waals surface area contributed by atoms with Crippen LogP contribution in [-0.2, 0) is 11.3 Å². The summed E-state index contributed by atoms with van der Waals surface area (Å²) in [6, 6.07) is 7.77. The van der Waals surface area contributed by atoms with Gasteiger partial charge in [-0.15, -0.1) is 0 Å². The minimum atomic E-state index is -0.499. The van der Waals surface area contributed by atoms with Crippen LogP contribution in [0.25, 0.3) is 0 Å². The van der Waals surface area contributed by atoms with E-state index in [1.807, 2.05) is 24.3 Å². The first-order valence-electron chi connectivity index (χ1n) is 6.54. The van der Waals surface area contributed by atoms with E-state index in [1.54, 1.807) is 14.0 Å². The van der Waals surface area contributed by atoms with Crippen molar-refractivity contribution in [3.05, 3.63) is 29.8 Å². The Morgan fingerprint density at radius 3 is 2.53 bits per heavy atom. The number of hydrogen-bond acceptors (Lipinski definition) is 3. The van der Waals surface area contributed by atoms with E-state index in [2.05, 4.69) is 31.4 Å². The van der Waals surface area contributed by atoms with Gasteiger partial charge in [0.2, 0.25) is 0 Å². The van der Waals surface area contributed by atoms with Crippen LogP contribution in [0.2, 0.25) is 0 Å². The van der Waals surface area contributed by atoms with Crippen molar-refractivity contribution < 1.29 is 9.53 Å². The highest BCUT2D eigenvalue weighted by atomic mass is 16.5. The average molecular weight is 264 g/mol. The van der Waals surface area contributed by atoms with Gasteiger partial charge in [0.05, 0.1) is 0 Å². The fourth-order valence-corrected chi connectivity index (χ4v) is 1.57. The summed E-state index contributed by atoms with van der Waals surface area (Å²) >= 11 is 0. The fraction of sp³-hybridized carbons (Fsp3) is 0.533. The second kappa shape index (κ2) is 6.57. The Morgan fingerprint density at radius 1 is 1.32 bits per heavy atom. The summed E-state index contributed by atoms with van der Waals surface area (Å²) in [6.07, 6.45) is -0.499. The van der Waals surface area contributed by atoms with Crippen molar-refractivity contribution in [1.82, 2.24) is 10.6 Å². The molecule has 0 saturated heterocycles. The van der Waals surface area contributed by atoms with E-state index in [-0.39, 0.29) is 11.4 Å². The summed E-state index contributed by atoms with van der Waals surface area (Å²) in [7, 11) is 1.61. The summed E-state index contributed by atoms with van der Waals surface area (Å²) in [6.45, 7) is 8.80. The lowest BCUT2D eigenvalue weighted by Gasteiger charge is -2.22. The van der Waals surface area contributed by atoms with Gasteiger partial charge in [-0.1, -0.05) is 18.2 Å². The van der Waals surface area contributed by atoms with Gasteiger partial charge in [0.15, 0.2) is 6.10 Å². The van der Waals surface area contributed by atoms with E-state index in [9.17, 15) is 4.79 Å². The molecule has 0 saturated carbocycles. The van der Waals surface area contributed by atoms with Crippen LogP contribution in [0.15, 0.2) is 24.3 Å². The molecule has 19 heavy (non-hydrogen) atoms. The molecule has 2 N–H and O–H groups in total. The number of nitrogens with one attached hydrogen (secondary N) is 2. The Bertz CT molecular complexity index is 424. The number of amides is 1. The quantitative estimate of drug-likeness (QED) is 0.856. The van der Waals surface area contributed by atoms with Crippen molar-refractivity contribution in [1.29, 1.82) is 0 Å². The lowest BCUT2D eigenvalue weighted by atomic mass is 10.1. The number of carbonyl (C=O) groups is 1. The van der Waals surface area contributed by atoms with Crippen molar-refractivity contribution >= 4 is 5.91 Å². The van der Waals surface area contributed by atoms with Gasteiger partial charge in [-0.05, 0) is 33.8 Å². The molecule has 0 aliphatic carbocycles. The van der Waals surface area contributed by atoms with E-state index in [4.69, 9.17) is 4.74 Å². The zero-order chi connectivity index (χ0) is 14.5. The normalized spacial score (nSPS) is 12.9. The first kappa shape index (κ1) is 15.5. The SMILES string of the molecule is CNC(=O)C(C)Oc1ccccc1CNC(C)(C)C. The summed E-state index contributed by atoms with van der Waals surface area (Å²) in [5, 5.41) is 6.00. The summed E-state index contributed by atoms with van der Waals surface area (Å²) in [5.41, 5.74) is 1.09. The maximum atomic E-state index is 11.5. The summed E-state index contributed by atoms with van der Waals surface area (Å²) in [4.78, 5) is 11.5. The van der Waals surface area contributed by atoms with E-state index in [1.165, 1.54) is 0 Å². The number of hydrogen-bond donors (Lipinski definition) is 2. The molecular weight excluding hydrogens is 240 g/mol. The standard InChI is InChI=1S/C15H24N2O2/c1-11(14(18)16-5)19-13-9-7-6-8-12(13)10-17-15(2,3)4/h6-9,11,17H,10H2,1-5H3,(H,16,18). The number of para-hydroxylation sites is 1. The van der Waals surface area contributed by atoms with Crippen molar-refractivity contribution in [3.63, 3.8) is 0 Å². The number of ether oxygens (including phenoxy) is 1. The zero-order valence-corrected chi connectivity index (χ0v) is 12.4. The molecule has 1 aromatic rings. The van der Waals surface area contributed by atoms with Gasteiger partial charge in [0.1, 0.15) is 5.75 Å². The lowest BCUT2D eigenvalue weighted by molar-refractivity contribution is -0.126. The third-order valence-electron chi connectivity index (χ3n) is 2.70. The number of carbonyl (C=O) groups excluding carboxylic acids is 1. The van der Waals surface area contributed by atoms with Gasteiger partial charge in [0, 0.05) is 24.7 Å². The molecule has 1 amide bonds. The topological polar surface area (TPSA) is 50.4 Å². The molecule has 0 aromatic heterocycles. The molecule has 0 heterocycles. The van der Waals surface area contributed by atoms with Gasteiger partial charge in [-0.25, -0.2) is 0 Å². The second-order valence-corrected chi connectivity index (χ2v) is 5.59. The van der Waals surface area contributed by atoms with E-state index in [0.29, 0.717) is 6.54 Å². The minimum absolute atomic E-state index is 0.0412. The maximum absolute atomic E-state index is 11.5. The molecule has 1 unspecified atom stereocenters. The lowest BCUT2D eigenvalue weighted by Crippen LogP contribution is -2.36. The van der Waals surface area contributed by atoms with Crippen LogP contribution in [0.5, 0.6) is 5.75 Å². The van der Waals surface area contributed by atoms with Crippen LogP contribution in [0.4, 0.5) is 0 Å². The van der Waals surface area contributed by atoms with Gasteiger partial charge >= 0.3 is 0 Å². The minimum Gasteiger partial charge on any atom is -0.481 e. The average Bonchev–Trinajstić information content (AvgIpc) is 2.35. The molecule has 1 aromatic carbocycles. The Balaban J connectivity index is 2.75. The highest BCUT2D eigenvalue weighted by molar-refractivity contribution is 5.80. The van der Waals surface area contributed by atoms with Crippen LogP contribution in [-0.4, -0.2) is 24.6 Å². The highest BCUT2D eigenvalue weighted by Gasteiger charge is 2.15. The van der Waals surface area contributed by atoms with Gasteiger partial charge in [-0.3, -0.25) is 4.79 Å². The molecule has 106 valence electrons. The third-order valence-corrected chi connectivity index (χ3v) is 2.70. The number of benzene rings is 1. The predicted molar refractivity (Wildman–Crippen MR) is 77.2 cm³/mol. The number of likely N-dealkylation sites (N-methyl/N-ethyl adjacent to an activating group) is 1. The van der Waals surface area contributed by atoms with Crippen LogP contribution in [0, 0.1) is 0 Å². The van der Waals surface area contributed by atoms with Crippen LogP contribution >= 0.6 is 0 Å². The maximum Gasteiger partial charge on any atom is 0.260 e. The highest BCUT2D eigenvalue weighted by Crippen LogP contribution is 2.20. The molecule has 0 bridgehead atoms. The van der Waals surface area contributed by atoms with E-state index >= 15 is 0 Å². The zero-order valence-electron chi connectivity index (χ0n) is 12.4. The molecule has 4 heteroatoms. The van der Waals surface area contributed by atoms with E-state index < -0.39 is 6.10 Å². The first-order valence-corrected chi connectivity index (χ1v) is 6.54. The Hall–Kier alpha value is -1.55. The Kier molecular flexibility index (Phi) is 5.36. The van der Waals surface area contributed by atoms with Crippen LogP contribution in [0.1, 0.15) is 33.3 Å². The summed E-state index contributed by atoms with van der Waals surface area (Å²) in [5.74, 6) is 0.619. The van der Waals surface area contributed by atoms with Crippen molar-refractivity contribution in [2.75, 3.05) is 7.05 Å². The Labute approximate surface area is 115 Å². The molecule has 0 radical (unpaired) electrons. The molecular formula is C15H24N2O2. The molecule has 1 atom stereocenters. The van der Waals surface area contributed by atoms with Gasteiger partial charge < -0.3 is 15.4 Å². The predicted octanol–water partition coefficient (Wildman–Crippen LogP) is 2.09. The van der Waals surface area contributed by atoms with Crippen molar-refractivity contribution in [3.8, 4) is 5.75 Å². The number of rotatable bonds is 5. The van der Waals surface area contributed by atoms with Crippen molar-refractivity contribution in [2.45, 2.75) is 45.9 Å². The fourth-order valence-electron chi connectivity index (χ4n) is 1.57. The van der Waals surface area contributed by atoms with Gasteiger partial charge in [0.25, 0.3) is 5.91 Å². The van der Waals surface area contributed by atoms with Crippen molar-refractivity contribution in [2.24, 2.45) is 0 Å². The molecule has 4 nitrogen and oxygen atoms in total. The Morgan fingerprint density at radius 2 is 1.95 bits per heavy atom. The van der Waals surface area contributed by atoms with Crippen LogP contribution < -0.4 is 15.4 Å². The molecule has 0 spiro atoms. The van der Waals surface area contributed by atoms with Gasteiger partial charge in [-0.2, -0.15) is 0 Å². The second-order valence-electron chi connectivity index (χ2n) is 5.59. The largest absolute Gasteiger partial charge is 0.481 e.